The number of H-pyrrole nitrogens is 1. The van der Waals surface area contributed by atoms with Crippen LogP contribution in [-0.4, -0.2) is 53.1 Å². The third-order valence-corrected chi connectivity index (χ3v) is 7.54. The highest BCUT2D eigenvalue weighted by atomic mass is 16.5. The summed E-state index contributed by atoms with van der Waals surface area (Å²) >= 11 is 0. The molecule has 1 unspecified atom stereocenters. The fraction of sp³-hybridized carbons (Fsp3) is 0.481. The van der Waals surface area contributed by atoms with Crippen molar-refractivity contribution in [1.29, 1.82) is 0 Å². The molecule has 3 heterocycles. The first-order valence-electron chi connectivity index (χ1n) is 12.5. The van der Waals surface area contributed by atoms with Gasteiger partial charge in [0.15, 0.2) is 0 Å². The molecule has 1 aromatic carbocycles. The smallest absolute Gasteiger partial charge is 0.267 e. The number of benzene rings is 1. The van der Waals surface area contributed by atoms with Gasteiger partial charge in [-0.3, -0.25) is 9.69 Å². The fourth-order valence-electron chi connectivity index (χ4n) is 5.43. The molecule has 5 rings (SSSR count). The Morgan fingerprint density at radius 2 is 2.09 bits per heavy atom. The molecule has 7 nitrogen and oxygen atoms in total. The Balaban J connectivity index is 1.07. The van der Waals surface area contributed by atoms with E-state index in [-0.39, 0.29) is 12.0 Å². The summed E-state index contributed by atoms with van der Waals surface area (Å²) in [5, 5.41) is 4.22. The Hall–Kier alpha value is -2.90. The number of nitrogens with two attached hydrogens (primary N) is 1. The van der Waals surface area contributed by atoms with Crippen LogP contribution in [0.5, 0.6) is 0 Å². The summed E-state index contributed by atoms with van der Waals surface area (Å²) < 4.78 is 6.08. The number of anilines is 1. The number of amides is 1. The summed E-state index contributed by atoms with van der Waals surface area (Å²) in [7, 11) is 0. The number of nitrogens with one attached hydrogen (secondary N) is 2. The number of hydrogen-bond acceptors (Lipinski definition) is 5. The molecule has 0 spiro atoms. The number of ether oxygens (including phenoxy) is 1. The van der Waals surface area contributed by atoms with Crippen molar-refractivity contribution in [2.24, 2.45) is 11.8 Å². The van der Waals surface area contributed by atoms with Crippen molar-refractivity contribution in [3.8, 4) is 0 Å². The average Bonchev–Trinajstić information content (AvgIpc) is 3.49. The lowest BCUT2D eigenvalue weighted by molar-refractivity contribution is -0.0614. The van der Waals surface area contributed by atoms with Crippen LogP contribution in [0.1, 0.15) is 54.8 Å². The first-order valence-corrected chi connectivity index (χ1v) is 12.5. The number of aromatic amines is 1. The molecule has 1 aliphatic heterocycles. The van der Waals surface area contributed by atoms with E-state index in [2.05, 4.69) is 27.1 Å². The highest BCUT2D eigenvalue weighted by molar-refractivity contribution is 5.97. The zero-order chi connectivity index (χ0) is 23.5. The first-order chi connectivity index (χ1) is 16.5. The van der Waals surface area contributed by atoms with Crippen LogP contribution in [0.3, 0.4) is 0 Å². The molecular formula is C27H35N5O2. The van der Waals surface area contributed by atoms with Crippen LogP contribution in [-0.2, 0) is 4.74 Å². The van der Waals surface area contributed by atoms with E-state index in [1.807, 2.05) is 48.7 Å². The molecule has 2 aliphatic rings. The van der Waals surface area contributed by atoms with E-state index < -0.39 is 0 Å². The van der Waals surface area contributed by atoms with Crippen LogP contribution in [0.15, 0.2) is 48.7 Å². The van der Waals surface area contributed by atoms with Gasteiger partial charge in [0.1, 0.15) is 11.5 Å². The Morgan fingerprint density at radius 1 is 1.24 bits per heavy atom. The van der Waals surface area contributed by atoms with E-state index in [0.29, 0.717) is 23.5 Å². The molecule has 0 radical (unpaired) electrons. The predicted octanol–water partition coefficient (Wildman–Crippen LogP) is 4.14. The number of nitrogen functional groups attached to an aromatic ring is 1. The van der Waals surface area contributed by atoms with Gasteiger partial charge < -0.3 is 20.8 Å². The van der Waals surface area contributed by atoms with Crippen molar-refractivity contribution in [3.63, 3.8) is 0 Å². The second-order valence-electron chi connectivity index (χ2n) is 10.00. The summed E-state index contributed by atoms with van der Waals surface area (Å²) in [6.07, 6.45) is 6.72. The second kappa shape index (κ2) is 10.2. The lowest BCUT2D eigenvalue weighted by Gasteiger charge is -2.38. The van der Waals surface area contributed by atoms with Gasteiger partial charge in [0.05, 0.1) is 12.7 Å². The zero-order valence-corrected chi connectivity index (χ0v) is 19.9. The number of aromatic nitrogens is 2. The van der Waals surface area contributed by atoms with Crippen LogP contribution < -0.4 is 11.1 Å². The number of carbonyl (C=O) groups is 1. The molecule has 7 heteroatoms. The number of nitrogens with zero attached hydrogens (tertiary/aromatic N) is 2. The van der Waals surface area contributed by atoms with Crippen LogP contribution in [0, 0.1) is 11.8 Å². The Kier molecular flexibility index (Phi) is 6.83. The van der Waals surface area contributed by atoms with Crippen molar-refractivity contribution in [2.45, 2.75) is 44.8 Å². The van der Waals surface area contributed by atoms with Gasteiger partial charge in [0.25, 0.3) is 5.91 Å². The second-order valence-corrected chi connectivity index (χ2v) is 10.00. The van der Waals surface area contributed by atoms with E-state index in [0.717, 1.165) is 48.6 Å². The highest BCUT2D eigenvalue weighted by Gasteiger charge is 2.30. The zero-order valence-electron chi connectivity index (χ0n) is 19.9. The Morgan fingerprint density at radius 3 is 2.91 bits per heavy atom. The summed E-state index contributed by atoms with van der Waals surface area (Å²) in [5.74, 6) is 1.82. The fourth-order valence-corrected chi connectivity index (χ4v) is 5.43. The third-order valence-electron chi connectivity index (χ3n) is 7.54. The summed E-state index contributed by atoms with van der Waals surface area (Å²) in [6.45, 7) is 5.72. The van der Waals surface area contributed by atoms with E-state index in [1.165, 1.54) is 25.7 Å². The molecule has 1 amide bonds. The summed E-state index contributed by atoms with van der Waals surface area (Å²) in [6, 6.07) is 14.2. The van der Waals surface area contributed by atoms with Gasteiger partial charge in [-0.05, 0) is 62.8 Å². The first kappa shape index (κ1) is 22.9. The number of rotatable bonds is 7. The monoisotopic (exact) mass is 461 g/mol. The van der Waals surface area contributed by atoms with Crippen LogP contribution in [0.2, 0.25) is 0 Å². The maximum absolute atomic E-state index is 12.6. The van der Waals surface area contributed by atoms with E-state index >= 15 is 0 Å². The maximum atomic E-state index is 12.6. The van der Waals surface area contributed by atoms with Gasteiger partial charge in [-0.1, -0.05) is 30.7 Å². The molecule has 0 bridgehead atoms. The highest BCUT2D eigenvalue weighted by Crippen LogP contribution is 2.34. The minimum absolute atomic E-state index is 0.00927. The lowest BCUT2D eigenvalue weighted by atomic mass is 10.00. The Labute approximate surface area is 201 Å². The lowest BCUT2D eigenvalue weighted by Crippen LogP contribution is -2.45. The molecular weight excluding hydrogens is 426 g/mol. The van der Waals surface area contributed by atoms with Crippen LogP contribution in [0.25, 0.3) is 10.9 Å². The summed E-state index contributed by atoms with van der Waals surface area (Å²) in [4.78, 5) is 22.6. The number of para-hydroxylation sites is 1. The topological polar surface area (TPSA) is 96.3 Å². The standard InChI is InChI=1S/C27H35N5O2/c1-18-17-34-25(22-8-9-26(28)29-15-22)16-32(18)11-10-19-6-7-20(12-19)14-30-27(33)24-13-21-4-2-3-5-23(21)31-24/h2-5,8-9,13,15,18-20,25,31H,6-7,10-12,14,16-17H2,1H3,(H2,28,29)(H,30,33)/t18-,19?,20-,25+/m0/s1. The van der Waals surface area contributed by atoms with E-state index in [1.54, 1.807) is 0 Å². The third kappa shape index (κ3) is 5.26. The largest absolute Gasteiger partial charge is 0.384 e. The maximum Gasteiger partial charge on any atom is 0.267 e. The van der Waals surface area contributed by atoms with Gasteiger partial charge in [0, 0.05) is 41.8 Å². The normalized spacial score (nSPS) is 25.6. The molecule has 180 valence electrons. The molecule has 2 aromatic heterocycles. The number of carbonyl (C=O) groups excluding carboxylic acids is 1. The molecule has 34 heavy (non-hydrogen) atoms. The van der Waals surface area contributed by atoms with Gasteiger partial charge >= 0.3 is 0 Å². The van der Waals surface area contributed by atoms with Crippen LogP contribution in [0.4, 0.5) is 5.82 Å². The predicted molar refractivity (Wildman–Crippen MR) is 134 cm³/mol. The number of hydrogen-bond donors (Lipinski definition) is 3. The van der Waals surface area contributed by atoms with Crippen molar-refractivity contribution < 1.29 is 9.53 Å². The SMILES string of the molecule is C[C@H]1CO[C@@H](c2ccc(N)nc2)CN1CCC1CC[C@H](CNC(=O)c2cc3ccccc3[nH]2)C1. The minimum atomic E-state index is -0.00927. The number of pyridine rings is 1. The van der Waals surface area contributed by atoms with Crippen molar-refractivity contribution in [1.82, 2.24) is 20.2 Å². The van der Waals surface area contributed by atoms with Crippen molar-refractivity contribution >= 4 is 22.6 Å². The van der Waals surface area contributed by atoms with Gasteiger partial charge in [-0.15, -0.1) is 0 Å². The Bertz CT molecular complexity index is 1080. The number of fused-ring (bicyclic) bond motifs is 1. The van der Waals surface area contributed by atoms with Gasteiger partial charge in [0.2, 0.25) is 0 Å². The van der Waals surface area contributed by atoms with Crippen molar-refractivity contribution in [2.75, 3.05) is 32.0 Å². The van der Waals surface area contributed by atoms with Gasteiger partial charge in [-0.25, -0.2) is 4.98 Å². The molecule has 3 aromatic rings. The number of morpholine rings is 1. The quantitative estimate of drug-likeness (QED) is 0.491. The van der Waals surface area contributed by atoms with E-state index in [4.69, 9.17) is 10.5 Å². The summed E-state index contributed by atoms with van der Waals surface area (Å²) in [5.41, 5.74) is 8.47. The molecule has 2 fully saturated rings. The molecule has 4 atom stereocenters. The molecule has 1 saturated heterocycles. The van der Waals surface area contributed by atoms with Crippen molar-refractivity contribution in [3.05, 3.63) is 59.9 Å². The van der Waals surface area contributed by atoms with Gasteiger partial charge in [-0.2, -0.15) is 0 Å². The van der Waals surface area contributed by atoms with E-state index in [9.17, 15) is 4.79 Å². The van der Waals surface area contributed by atoms with Crippen LogP contribution >= 0.6 is 0 Å². The minimum Gasteiger partial charge on any atom is -0.384 e. The molecule has 1 saturated carbocycles. The molecule has 4 N–H and O–H groups in total. The molecule has 1 aliphatic carbocycles. The average molecular weight is 462 g/mol.